The Labute approximate surface area is 137 Å². The van der Waals surface area contributed by atoms with Crippen LogP contribution in [0.3, 0.4) is 0 Å². The summed E-state index contributed by atoms with van der Waals surface area (Å²) in [5.41, 5.74) is 1.82. The number of rotatable bonds is 6. The summed E-state index contributed by atoms with van der Waals surface area (Å²) >= 11 is 1.32. The molecule has 1 aliphatic rings. The third-order valence-electron chi connectivity index (χ3n) is 3.57. The SMILES string of the molecule is O=C(O)CC(NS(=O)(=O)c1ccc2c(c1)COC2)c1cccs1. The molecule has 8 heteroatoms. The van der Waals surface area contributed by atoms with Crippen LogP contribution in [0.4, 0.5) is 0 Å². The van der Waals surface area contributed by atoms with Gasteiger partial charge in [-0.05, 0) is 34.7 Å². The van der Waals surface area contributed by atoms with Gasteiger partial charge in [-0.1, -0.05) is 12.1 Å². The molecule has 1 aromatic heterocycles. The minimum absolute atomic E-state index is 0.119. The van der Waals surface area contributed by atoms with Crippen LogP contribution in [-0.4, -0.2) is 19.5 Å². The number of aliphatic carboxylic acids is 1. The molecule has 0 saturated carbocycles. The predicted molar refractivity (Wildman–Crippen MR) is 84.6 cm³/mol. The molecule has 3 rings (SSSR count). The number of carboxylic acid groups (broad SMARTS) is 1. The molecule has 0 bridgehead atoms. The second kappa shape index (κ2) is 6.40. The highest BCUT2D eigenvalue weighted by atomic mass is 32.2. The second-order valence-corrected chi connectivity index (χ2v) is 7.90. The van der Waals surface area contributed by atoms with Crippen LogP contribution in [0.15, 0.2) is 40.6 Å². The van der Waals surface area contributed by atoms with Crippen LogP contribution in [0.5, 0.6) is 0 Å². The van der Waals surface area contributed by atoms with Crippen LogP contribution >= 0.6 is 11.3 Å². The lowest BCUT2D eigenvalue weighted by atomic mass is 10.1. The number of carbonyl (C=O) groups is 1. The van der Waals surface area contributed by atoms with Gasteiger partial charge in [-0.25, -0.2) is 13.1 Å². The molecular formula is C15H15NO5S2. The van der Waals surface area contributed by atoms with E-state index in [0.29, 0.717) is 18.1 Å². The number of sulfonamides is 1. The molecule has 2 aromatic rings. The highest BCUT2D eigenvalue weighted by Crippen LogP contribution is 2.27. The molecule has 1 aromatic carbocycles. The van der Waals surface area contributed by atoms with E-state index >= 15 is 0 Å². The Hall–Kier alpha value is -1.74. The van der Waals surface area contributed by atoms with Crippen LogP contribution < -0.4 is 4.72 Å². The molecule has 1 aliphatic heterocycles. The largest absolute Gasteiger partial charge is 0.481 e. The Bertz CT molecular complexity index is 814. The van der Waals surface area contributed by atoms with Crippen LogP contribution in [-0.2, 0) is 32.8 Å². The first kappa shape index (κ1) is 16.1. The van der Waals surface area contributed by atoms with Crippen molar-refractivity contribution in [2.75, 3.05) is 0 Å². The summed E-state index contributed by atoms with van der Waals surface area (Å²) in [5, 5.41) is 10.8. The summed E-state index contributed by atoms with van der Waals surface area (Å²) in [5.74, 6) is -1.06. The Morgan fingerprint density at radius 1 is 1.30 bits per heavy atom. The molecular weight excluding hydrogens is 338 g/mol. The van der Waals surface area contributed by atoms with E-state index in [1.165, 1.54) is 17.4 Å². The molecule has 0 amide bonds. The highest BCUT2D eigenvalue weighted by molar-refractivity contribution is 7.89. The molecule has 122 valence electrons. The zero-order chi connectivity index (χ0) is 16.4. The lowest BCUT2D eigenvalue weighted by molar-refractivity contribution is -0.137. The maximum Gasteiger partial charge on any atom is 0.305 e. The maximum absolute atomic E-state index is 12.6. The third-order valence-corrected chi connectivity index (χ3v) is 6.02. The molecule has 6 nitrogen and oxygen atoms in total. The maximum atomic E-state index is 12.6. The average molecular weight is 353 g/mol. The van der Waals surface area contributed by atoms with Gasteiger partial charge >= 0.3 is 5.97 Å². The van der Waals surface area contributed by atoms with Gasteiger partial charge in [-0.3, -0.25) is 4.79 Å². The first-order chi connectivity index (χ1) is 11.0. The lowest BCUT2D eigenvalue weighted by Crippen LogP contribution is -2.30. The number of thiophene rings is 1. The van der Waals surface area contributed by atoms with E-state index in [4.69, 9.17) is 9.84 Å². The van der Waals surface area contributed by atoms with E-state index in [1.807, 2.05) is 0 Å². The Kier molecular flexibility index (Phi) is 4.49. The fourth-order valence-electron chi connectivity index (χ4n) is 2.44. The van der Waals surface area contributed by atoms with Gasteiger partial charge in [0.05, 0.1) is 30.6 Å². The van der Waals surface area contributed by atoms with Gasteiger partial charge < -0.3 is 9.84 Å². The van der Waals surface area contributed by atoms with Crippen molar-refractivity contribution in [3.05, 3.63) is 51.7 Å². The van der Waals surface area contributed by atoms with Crippen LogP contribution in [0.1, 0.15) is 28.5 Å². The number of hydrogen-bond donors (Lipinski definition) is 2. The Morgan fingerprint density at radius 3 is 2.78 bits per heavy atom. The van der Waals surface area contributed by atoms with Crippen molar-refractivity contribution in [2.24, 2.45) is 0 Å². The number of hydrogen-bond acceptors (Lipinski definition) is 5. The van der Waals surface area contributed by atoms with E-state index in [-0.39, 0.29) is 11.3 Å². The van der Waals surface area contributed by atoms with E-state index in [0.717, 1.165) is 11.1 Å². The standard InChI is InChI=1S/C15H15NO5S2/c17-15(18)7-13(14-2-1-5-22-14)16-23(19,20)12-4-3-10-8-21-9-11(10)6-12/h1-6,13,16H,7-9H2,(H,17,18). The average Bonchev–Trinajstić information content (AvgIpc) is 3.16. The lowest BCUT2D eigenvalue weighted by Gasteiger charge is -2.16. The number of fused-ring (bicyclic) bond motifs is 1. The predicted octanol–water partition coefficient (Wildman–Crippen LogP) is 2.27. The summed E-state index contributed by atoms with van der Waals surface area (Å²) in [4.78, 5) is 11.8. The summed E-state index contributed by atoms with van der Waals surface area (Å²) in [7, 11) is -3.81. The zero-order valence-electron chi connectivity index (χ0n) is 12.1. The van der Waals surface area contributed by atoms with Crippen LogP contribution in [0, 0.1) is 0 Å². The van der Waals surface area contributed by atoms with Crippen molar-refractivity contribution in [3.63, 3.8) is 0 Å². The number of benzene rings is 1. The summed E-state index contributed by atoms with van der Waals surface area (Å²) < 4.78 is 32.9. The summed E-state index contributed by atoms with van der Waals surface area (Å²) in [6.45, 7) is 0.877. The Balaban J connectivity index is 1.87. The van der Waals surface area contributed by atoms with Crippen LogP contribution in [0.2, 0.25) is 0 Å². The fraction of sp³-hybridized carbons (Fsp3) is 0.267. The number of carboxylic acids is 1. The summed E-state index contributed by atoms with van der Waals surface area (Å²) in [6, 6.07) is 7.52. The molecule has 1 atom stereocenters. The highest BCUT2D eigenvalue weighted by Gasteiger charge is 2.25. The number of ether oxygens (including phenoxy) is 1. The van der Waals surface area contributed by atoms with Gasteiger partial charge in [0.1, 0.15) is 0 Å². The number of nitrogens with one attached hydrogen (secondary N) is 1. The van der Waals surface area contributed by atoms with E-state index < -0.39 is 22.0 Å². The third kappa shape index (κ3) is 3.61. The zero-order valence-corrected chi connectivity index (χ0v) is 13.7. The quantitative estimate of drug-likeness (QED) is 0.831. The minimum atomic E-state index is -3.81. The minimum Gasteiger partial charge on any atom is -0.481 e. The molecule has 0 saturated heterocycles. The fourth-order valence-corrected chi connectivity index (χ4v) is 4.55. The van der Waals surface area contributed by atoms with Crippen LogP contribution in [0.25, 0.3) is 0 Å². The summed E-state index contributed by atoms with van der Waals surface area (Å²) in [6.07, 6.45) is -0.312. The molecule has 0 aliphatic carbocycles. The molecule has 2 N–H and O–H groups in total. The normalized spacial score (nSPS) is 15.3. The smallest absolute Gasteiger partial charge is 0.305 e. The van der Waals surface area contributed by atoms with Gasteiger partial charge in [-0.2, -0.15) is 0 Å². The Morgan fingerprint density at radius 2 is 2.09 bits per heavy atom. The molecule has 1 unspecified atom stereocenters. The first-order valence-electron chi connectivity index (χ1n) is 6.93. The van der Waals surface area contributed by atoms with E-state index in [1.54, 1.807) is 29.6 Å². The first-order valence-corrected chi connectivity index (χ1v) is 9.29. The van der Waals surface area contributed by atoms with Crippen molar-refractivity contribution in [2.45, 2.75) is 30.6 Å². The van der Waals surface area contributed by atoms with Crippen molar-refractivity contribution in [1.82, 2.24) is 4.72 Å². The van der Waals surface area contributed by atoms with Gasteiger partial charge in [0.25, 0.3) is 0 Å². The van der Waals surface area contributed by atoms with E-state index in [2.05, 4.69) is 4.72 Å². The molecule has 0 spiro atoms. The van der Waals surface area contributed by atoms with E-state index in [9.17, 15) is 13.2 Å². The molecule has 2 heterocycles. The van der Waals surface area contributed by atoms with Gasteiger partial charge in [0.15, 0.2) is 0 Å². The molecule has 23 heavy (non-hydrogen) atoms. The molecule has 0 radical (unpaired) electrons. The topological polar surface area (TPSA) is 92.7 Å². The van der Waals surface area contributed by atoms with Gasteiger partial charge in [-0.15, -0.1) is 11.3 Å². The monoisotopic (exact) mass is 353 g/mol. The second-order valence-electron chi connectivity index (χ2n) is 5.21. The van der Waals surface area contributed by atoms with Gasteiger partial charge in [0.2, 0.25) is 10.0 Å². The van der Waals surface area contributed by atoms with Crippen molar-refractivity contribution in [1.29, 1.82) is 0 Å². The van der Waals surface area contributed by atoms with Crippen molar-refractivity contribution in [3.8, 4) is 0 Å². The van der Waals surface area contributed by atoms with Crippen molar-refractivity contribution < 1.29 is 23.1 Å². The van der Waals surface area contributed by atoms with Gasteiger partial charge in [0, 0.05) is 4.88 Å². The van der Waals surface area contributed by atoms with Crippen molar-refractivity contribution >= 4 is 27.3 Å². The molecule has 0 fully saturated rings.